The predicted octanol–water partition coefficient (Wildman–Crippen LogP) is 4.77. The van der Waals surface area contributed by atoms with Gasteiger partial charge in [-0.1, -0.05) is 35.3 Å². The number of carbonyl (C=O) groups excluding carboxylic acids is 1. The van der Waals surface area contributed by atoms with Crippen LogP contribution in [0, 0.1) is 0 Å². The van der Waals surface area contributed by atoms with Crippen LogP contribution in [0.15, 0.2) is 47.0 Å². The van der Waals surface area contributed by atoms with E-state index < -0.39 is 0 Å². The summed E-state index contributed by atoms with van der Waals surface area (Å²) in [6, 6.07) is 11.5. The van der Waals surface area contributed by atoms with Crippen LogP contribution in [-0.2, 0) is 13.0 Å². The van der Waals surface area contributed by atoms with Crippen molar-refractivity contribution in [3.63, 3.8) is 0 Å². The molecule has 1 aromatic heterocycles. The summed E-state index contributed by atoms with van der Waals surface area (Å²) in [7, 11) is 0. The van der Waals surface area contributed by atoms with E-state index in [9.17, 15) is 4.79 Å². The van der Waals surface area contributed by atoms with Crippen LogP contribution < -0.4 is 10.1 Å². The molecule has 3 rings (SSSR count). The summed E-state index contributed by atoms with van der Waals surface area (Å²) in [5.74, 6) is 1.33. The summed E-state index contributed by atoms with van der Waals surface area (Å²) >= 11 is 12.0. The molecular weight excluding hydrogens is 377 g/mol. The molecule has 134 valence electrons. The lowest BCUT2D eigenvalue weighted by Crippen LogP contribution is -2.12. The average molecular weight is 392 g/mol. The summed E-state index contributed by atoms with van der Waals surface area (Å²) in [6.07, 6.45) is 0.674. The number of nitrogens with zero attached hydrogens (tertiary/aromatic N) is 2. The quantitative estimate of drug-likeness (QED) is 0.654. The highest BCUT2D eigenvalue weighted by Crippen LogP contribution is 2.26. The van der Waals surface area contributed by atoms with Gasteiger partial charge in [0.2, 0.25) is 11.7 Å². The van der Waals surface area contributed by atoms with Crippen LogP contribution in [0.5, 0.6) is 5.75 Å². The zero-order valence-corrected chi connectivity index (χ0v) is 15.3. The highest BCUT2D eigenvalue weighted by Gasteiger charge is 2.10. The third-order valence-corrected chi connectivity index (χ3v) is 4.04. The van der Waals surface area contributed by atoms with Crippen LogP contribution in [0.25, 0.3) is 0 Å². The molecule has 8 heteroatoms. The number of anilines is 1. The Balaban J connectivity index is 1.61. The van der Waals surface area contributed by atoms with E-state index in [-0.39, 0.29) is 12.5 Å². The van der Waals surface area contributed by atoms with E-state index in [0.29, 0.717) is 45.2 Å². The van der Waals surface area contributed by atoms with Gasteiger partial charge in [0.15, 0.2) is 6.61 Å². The molecule has 1 heterocycles. The molecule has 0 aliphatic rings. The Morgan fingerprint density at radius 3 is 2.65 bits per heavy atom. The fraction of sp³-hybridized carbons (Fsp3) is 0.167. The van der Waals surface area contributed by atoms with Gasteiger partial charge in [-0.25, -0.2) is 0 Å². The molecule has 0 atom stereocenters. The number of carbonyl (C=O) groups is 1. The minimum Gasteiger partial charge on any atom is -0.485 e. The maximum atomic E-state index is 12.3. The number of aryl methyl sites for hydroxylation is 1. The number of hydrogen-bond acceptors (Lipinski definition) is 5. The molecule has 6 nitrogen and oxygen atoms in total. The first-order valence-electron chi connectivity index (χ1n) is 7.86. The van der Waals surface area contributed by atoms with Gasteiger partial charge in [-0.05, 0) is 42.5 Å². The molecule has 0 radical (unpaired) electrons. The smallest absolute Gasteiger partial charge is 0.255 e. The Morgan fingerprint density at radius 1 is 1.19 bits per heavy atom. The normalized spacial score (nSPS) is 10.6. The van der Waals surface area contributed by atoms with Gasteiger partial charge in [-0.15, -0.1) is 0 Å². The van der Waals surface area contributed by atoms with E-state index in [1.807, 2.05) is 6.92 Å². The van der Waals surface area contributed by atoms with Crippen molar-refractivity contribution in [2.75, 3.05) is 5.32 Å². The van der Waals surface area contributed by atoms with Gasteiger partial charge in [0.25, 0.3) is 5.91 Å². The van der Waals surface area contributed by atoms with Gasteiger partial charge >= 0.3 is 0 Å². The molecule has 26 heavy (non-hydrogen) atoms. The molecule has 3 aromatic rings. The summed E-state index contributed by atoms with van der Waals surface area (Å²) in [5.41, 5.74) is 0.912. The lowest BCUT2D eigenvalue weighted by Gasteiger charge is -2.08. The number of aromatic nitrogens is 2. The van der Waals surface area contributed by atoms with Crippen molar-refractivity contribution in [1.82, 2.24) is 10.1 Å². The molecule has 1 N–H and O–H groups in total. The third kappa shape index (κ3) is 4.53. The molecule has 0 fully saturated rings. The standard InChI is InChI=1S/C18H15Cl2N3O3/c1-2-17-22-16(23-26-17)10-25-13-6-3-11(4-7-13)18(24)21-15-9-12(19)5-8-14(15)20/h3-9H,2,10H2,1H3,(H,21,24). The number of benzene rings is 2. The van der Waals surface area contributed by atoms with Crippen molar-refractivity contribution in [3.05, 3.63) is 69.8 Å². The van der Waals surface area contributed by atoms with Crippen LogP contribution in [0.4, 0.5) is 5.69 Å². The Hall–Kier alpha value is -2.57. The predicted molar refractivity (Wildman–Crippen MR) is 98.9 cm³/mol. The SMILES string of the molecule is CCc1nc(COc2ccc(C(=O)Nc3cc(Cl)ccc3Cl)cc2)no1. The molecule has 1 amide bonds. The van der Waals surface area contributed by atoms with E-state index in [0.717, 1.165) is 0 Å². The van der Waals surface area contributed by atoms with E-state index >= 15 is 0 Å². The number of halogens is 2. The summed E-state index contributed by atoms with van der Waals surface area (Å²) in [6.45, 7) is 2.12. The van der Waals surface area contributed by atoms with Crippen molar-refractivity contribution in [1.29, 1.82) is 0 Å². The Bertz CT molecular complexity index is 910. The van der Waals surface area contributed by atoms with Gasteiger partial charge in [-0.3, -0.25) is 4.79 Å². The fourth-order valence-corrected chi connectivity index (χ4v) is 2.47. The highest BCUT2D eigenvalue weighted by atomic mass is 35.5. The Morgan fingerprint density at radius 2 is 1.96 bits per heavy atom. The van der Waals surface area contributed by atoms with Crippen molar-refractivity contribution in [2.45, 2.75) is 20.0 Å². The minimum absolute atomic E-state index is 0.188. The van der Waals surface area contributed by atoms with Crippen LogP contribution in [0.2, 0.25) is 10.0 Å². The second-order valence-corrected chi connectivity index (χ2v) is 6.19. The monoisotopic (exact) mass is 391 g/mol. The maximum absolute atomic E-state index is 12.3. The average Bonchev–Trinajstić information content (AvgIpc) is 3.11. The van der Waals surface area contributed by atoms with Gasteiger partial charge in [0.1, 0.15) is 5.75 Å². The molecule has 0 saturated carbocycles. The molecule has 0 aliphatic carbocycles. The Labute approximate surface area is 160 Å². The zero-order chi connectivity index (χ0) is 18.5. The van der Waals surface area contributed by atoms with Crippen LogP contribution in [0.3, 0.4) is 0 Å². The van der Waals surface area contributed by atoms with Gasteiger partial charge in [0.05, 0.1) is 10.7 Å². The van der Waals surface area contributed by atoms with Gasteiger partial charge < -0.3 is 14.6 Å². The van der Waals surface area contributed by atoms with E-state index in [1.165, 1.54) is 0 Å². The topological polar surface area (TPSA) is 77.2 Å². The van der Waals surface area contributed by atoms with Gasteiger partial charge in [0, 0.05) is 17.0 Å². The number of nitrogens with one attached hydrogen (secondary N) is 1. The summed E-state index contributed by atoms with van der Waals surface area (Å²) in [5, 5.41) is 7.44. The Kier molecular flexibility index (Phi) is 5.75. The molecule has 0 aliphatic heterocycles. The molecule has 0 spiro atoms. The maximum Gasteiger partial charge on any atom is 0.255 e. The fourth-order valence-electron chi connectivity index (χ4n) is 2.13. The molecule has 0 saturated heterocycles. The lowest BCUT2D eigenvalue weighted by molar-refractivity contribution is 0.102. The summed E-state index contributed by atoms with van der Waals surface area (Å²) < 4.78 is 10.6. The zero-order valence-electron chi connectivity index (χ0n) is 13.8. The van der Waals surface area contributed by atoms with Crippen LogP contribution in [0.1, 0.15) is 29.0 Å². The first-order chi connectivity index (χ1) is 12.5. The number of rotatable bonds is 6. The molecule has 0 unspecified atom stereocenters. The van der Waals surface area contributed by atoms with Crippen LogP contribution in [-0.4, -0.2) is 16.0 Å². The summed E-state index contributed by atoms with van der Waals surface area (Å²) in [4.78, 5) is 16.5. The number of amides is 1. The molecule has 0 bridgehead atoms. The highest BCUT2D eigenvalue weighted by molar-refractivity contribution is 6.35. The molecule has 2 aromatic carbocycles. The van der Waals surface area contributed by atoms with Crippen molar-refractivity contribution in [3.8, 4) is 5.75 Å². The second kappa shape index (κ2) is 8.21. The third-order valence-electron chi connectivity index (χ3n) is 3.47. The number of hydrogen-bond donors (Lipinski definition) is 1. The largest absolute Gasteiger partial charge is 0.485 e. The second-order valence-electron chi connectivity index (χ2n) is 5.35. The minimum atomic E-state index is -0.300. The van der Waals surface area contributed by atoms with E-state index in [1.54, 1.807) is 42.5 Å². The van der Waals surface area contributed by atoms with Crippen molar-refractivity contribution >= 4 is 34.8 Å². The van der Waals surface area contributed by atoms with E-state index in [2.05, 4.69) is 15.5 Å². The molecular formula is C18H15Cl2N3O3. The van der Waals surface area contributed by atoms with Crippen molar-refractivity contribution in [2.24, 2.45) is 0 Å². The van der Waals surface area contributed by atoms with E-state index in [4.69, 9.17) is 32.5 Å². The lowest BCUT2D eigenvalue weighted by atomic mass is 10.2. The van der Waals surface area contributed by atoms with Crippen molar-refractivity contribution < 1.29 is 14.1 Å². The first-order valence-corrected chi connectivity index (χ1v) is 8.61. The first kappa shape index (κ1) is 18.2. The number of ether oxygens (including phenoxy) is 1. The van der Waals surface area contributed by atoms with Crippen LogP contribution >= 0.6 is 23.2 Å². The van der Waals surface area contributed by atoms with Gasteiger partial charge in [-0.2, -0.15) is 4.98 Å².